The van der Waals surface area contributed by atoms with Crippen molar-refractivity contribution < 1.29 is 28.5 Å². The number of esters is 2. The van der Waals surface area contributed by atoms with Crippen LogP contribution in [0.2, 0.25) is 0 Å². The fraction of sp³-hybridized carbons (Fsp3) is 0.333. The van der Waals surface area contributed by atoms with E-state index in [-0.39, 0.29) is 31.2 Å². The molecule has 3 rings (SSSR count). The van der Waals surface area contributed by atoms with Crippen molar-refractivity contribution in [1.29, 1.82) is 0 Å². The standard InChI is InChI=1S/C24H27N3O6.ClH/c1-5-30-20-12-18-22(19(24(29)32-7-3)13-25-23(18)26-15(20)4)27-16-8-10-17(11-9-16)33-14-21(28)31-6-2;/h8-13H,5-7,14H2,1-4H3,(H,25,26,27);1H. The Bertz CT molecular complexity index is 1140. The zero-order chi connectivity index (χ0) is 23.8. The fourth-order valence-electron chi connectivity index (χ4n) is 3.12. The van der Waals surface area contributed by atoms with Crippen LogP contribution in [0.15, 0.2) is 36.5 Å². The van der Waals surface area contributed by atoms with Crippen LogP contribution < -0.4 is 14.8 Å². The molecule has 10 heteroatoms. The lowest BCUT2D eigenvalue weighted by Crippen LogP contribution is -2.14. The summed E-state index contributed by atoms with van der Waals surface area (Å²) in [5.41, 5.74) is 2.65. The van der Waals surface area contributed by atoms with Crippen LogP contribution in [0, 0.1) is 6.92 Å². The minimum Gasteiger partial charge on any atom is -0.492 e. The Morgan fingerprint density at radius 2 is 1.68 bits per heavy atom. The SMILES string of the molecule is CCOC(=O)COc1ccc(Nc2c(C(=O)OCC)cnc3nc(C)c(OCC)cc23)cc1.Cl. The molecule has 34 heavy (non-hydrogen) atoms. The van der Waals surface area contributed by atoms with Gasteiger partial charge in [0.1, 0.15) is 17.1 Å². The number of hydrogen-bond acceptors (Lipinski definition) is 9. The van der Waals surface area contributed by atoms with Crippen LogP contribution in [-0.2, 0) is 14.3 Å². The van der Waals surface area contributed by atoms with Gasteiger partial charge in [0, 0.05) is 17.3 Å². The Hall–Kier alpha value is -3.59. The summed E-state index contributed by atoms with van der Waals surface area (Å²) in [7, 11) is 0. The number of benzene rings is 1. The lowest BCUT2D eigenvalue weighted by Gasteiger charge is -2.16. The van der Waals surface area contributed by atoms with Crippen molar-refractivity contribution >= 4 is 46.8 Å². The van der Waals surface area contributed by atoms with Crippen molar-refractivity contribution in [1.82, 2.24) is 9.97 Å². The highest BCUT2D eigenvalue weighted by molar-refractivity contribution is 6.05. The molecular weight excluding hydrogens is 462 g/mol. The van der Waals surface area contributed by atoms with E-state index in [1.165, 1.54) is 6.20 Å². The molecule has 2 aromatic heterocycles. The highest BCUT2D eigenvalue weighted by Crippen LogP contribution is 2.33. The second-order valence-electron chi connectivity index (χ2n) is 6.89. The lowest BCUT2D eigenvalue weighted by molar-refractivity contribution is -0.145. The Morgan fingerprint density at radius 1 is 0.971 bits per heavy atom. The monoisotopic (exact) mass is 489 g/mol. The van der Waals surface area contributed by atoms with E-state index >= 15 is 0 Å². The van der Waals surface area contributed by atoms with Gasteiger partial charge in [-0.15, -0.1) is 12.4 Å². The summed E-state index contributed by atoms with van der Waals surface area (Å²) >= 11 is 0. The Kier molecular flexibility index (Phi) is 9.88. The number of aryl methyl sites for hydroxylation is 1. The molecule has 0 unspecified atom stereocenters. The van der Waals surface area contributed by atoms with Gasteiger partial charge in [0.05, 0.1) is 31.2 Å². The molecular formula is C24H28ClN3O6. The Balaban J connectivity index is 0.00000408. The minimum atomic E-state index is -0.498. The highest BCUT2D eigenvalue weighted by atomic mass is 35.5. The first-order valence-corrected chi connectivity index (χ1v) is 10.7. The molecule has 182 valence electrons. The zero-order valence-electron chi connectivity index (χ0n) is 19.5. The number of nitrogens with one attached hydrogen (secondary N) is 1. The first kappa shape index (κ1) is 26.7. The van der Waals surface area contributed by atoms with E-state index in [9.17, 15) is 9.59 Å². The van der Waals surface area contributed by atoms with E-state index in [1.54, 1.807) is 38.1 Å². The predicted octanol–water partition coefficient (Wildman–Crippen LogP) is 4.62. The maximum atomic E-state index is 12.6. The maximum Gasteiger partial charge on any atom is 0.344 e. The van der Waals surface area contributed by atoms with Gasteiger partial charge in [-0.1, -0.05) is 0 Å². The number of rotatable bonds is 10. The molecule has 0 fully saturated rings. The van der Waals surface area contributed by atoms with Gasteiger partial charge in [-0.05, 0) is 58.0 Å². The van der Waals surface area contributed by atoms with Gasteiger partial charge in [-0.25, -0.2) is 19.6 Å². The molecule has 0 saturated heterocycles. The van der Waals surface area contributed by atoms with Crippen molar-refractivity contribution in [2.24, 2.45) is 0 Å². The summed E-state index contributed by atoms with van der Waals surface area (Å²) < 4.78 is 21.2. The van der Waals surface area contributed by atoms with E-state index in [0.717, 1.165) is 0 Å². The molecule has 0 atom stereocenters. The summed E-state index contributed by atoms with van der Waals surface area (Å²) in [6.45, 7) is 8.05. The first-order chi connectivity index (χ1) is 16.0. The van der Waals surface area contributed by atoms with Gasteiger partial charge >= 0.3 is 11.9 Å². The van der Waals surface area contributed by atoms with Crippen LogP contribution in [0.25, 0.3) is 11.0 Å². The summed E-state index contributed by atoms with van der Waals surface area (Å²) in [6, 6.07) is 8.78. The van der Waals surface area contributed by atoms with Crippen LogP contribution in [0.1, 0.15) is 36.8 Å². The van der Waals surface area contributed by atoms with E-state index in [2.05, 4.69) is 15.3 Å². The molecule has 0 radical (unpaired) electrons. The van der Waals surface area contributed by atoms with Crippen LogP contribution in [0.4, 0.5) is 11.4 Å². The second kappa shape index (κ2) is 12.6. The lowest BCUT2D eigenvalue weighted by atomic mass is 10.1. The van der Waals surface area contributed by atoms with Crippen molar-refractivity contribution in [2.45, 2.75) is 27.7 Å². The van der Waals surface area contributed by atoms with Crippen molar-refractivity contribution in [2.75, 3.05) is 31.7 Å². The fourth-order valence-corrected chi connectivity index (χ4v) is 3.12. The molecule has 3 aromatic rings. The molecule has 0 bridgehead atoms. The smallest absolute Gasteiger partial charge is 0.344 e. The third-order valence-electron chi connectivity index (χ3n) is 4.58. The average Bonchev–Trinajstić information content (AvgIpc) is 2.80. The molecule has 1 N–H and O–H groups in total. The van der Waals surface area contributed by atoms with Crippen LogP contribution in [0.5, 0.6) is 11.5 Å². The molecule has 0 aliphatic carbocycles. The number of carbonyl (C=O) groups is 2. The highest BCUT2D eigenvalue weighted by Gasteiger charge is 2.19. The summed E-state index contributed by atoms with van der Waals surface area (Å²) in [5.74, 6) is 0.186. The summed E-state index contributed by atoms with van der Waals surface area (Å²) in [6.07, 6.45) is 1.45. The molecule has 0 aliphatic rings. The van der Waals surface area contributed by atoms with Gasteiger partial charge in [-0.3, -0.25) is 0 Å². The number of fused-ring (bicyclic) bond motifs is 1. The van der Waals surface area contributed by atoms with Crippen LogP contribution in [0.3, 0.4) is 0 Å². The van der Waals surface area contributed by atoms with Gasteiger partial charge in [0.15, 0.2) is 12.3 Å². The van der Waals surface area contributed by atoms with Crippen LogP contribution in [-0.4, -0.2) is 48.3 Å². The average molecular weight is 490 g/mol. The number of aromatic nitrogens is 2. The zero-order valence-corrected chi connectivity index (χ0v) is 20.4. The van der Waals surface area contributed by atoms with Crippen molar-refractivity contribution in [3.63, 3.8) is 0 Å². The second-order valence-corrected chi connectivity index (χ2v) is 6.89. The molecule has 0 amide bonds. The predicted molar refractivity (Wildman–Crippen MR) is 131 cm³/mol. The molecule has 9 nitrogen and oxygen atoms in total. The van der Waals surface area contributed by atoms with E-state index in [0.29, 0.717) is 52.8 Å². The van der Waals surface area contributed by atoms with Gasteiger partial charge in [-0.2, -0.15) is 0 Å². The number of ether oxygens (including phenoxy) is 4. The number of anilines is 2. The van der Waals surface area contributed by atoms with Gasteiger partial charge in [0.2, 0.25) is 0 Å². The third kappa shape index (κ3) is 6.48. The van der Waals surface area contributed by atoms with Crippen molar-refractivity contribution in [3.05, 3.63) is 47.8 Å². The number of nitrogens with zero attached hydrogens (tertiary/aromatic N) is 2. The van der Waals surface area contributed by atoms with E-state index in [4.69, 9.17) is 18.9 Å². The molecule has 0 aliphatic heterocycles. The molecule has 0 saturated carbocycles. The first-order valence-electron chi connectivity index (χ1n) is 10.7. The molecule has 2 heterocycles. The normalized spacial score (nSPS) is 10.2. The number of halogens is 1. The van der Waals surface area contributed by atoms with E-state index in [1.807, 2.05) is 19.9 Å². The number of pyridine rings is 2. The van der Waals surface area contributed by atoms with E-state index < -0.39 is 11.9 Å². The minimum absolute atomic E-state index is 0. The number of hydrogen-bond donors (Lipinski definition) is 1. The maximum absolute atomic E-state index is 12.6. The van der Waals surface area contributed by atoms with Gasteiger partial charge < -0.3 is 24.3 Å². The molecule has 1 aromatic carbocycles. The van der Waals surface area contributed by atoms with Gasteiger partial charge in [0.25, 0.3) is 0 Å². The summed E-state index contributed by atoms with van der Waals surface area (Å²) in [4.78, 5) is 33.0. The Morgan fingerprint density at radius 3 is 2.32 bits per heavy atom. The quantitative estimate of drug-likeness (QED) is 0.408. The van der Waals surface area contributed by atoms with Crippen LogP contribution >= 0.6 is 12.4 Å². The summed E-state index contributed by atoms with van der Waals surface area (Å²) in [5, 5.41) is 3.89. The third-order valence-corrected chi connectivity index (χ3v) is 4.58. The van der Waals surface area contributed by atoms with Crippen molar-refractivity contribution in [3.8, 4) is 11.5 Å². The topological polar surface area (TPSA) is 109 Å². The molecule has 0 spiro atoms. The number of carbonyl (C=O) groups excluding carboxylic acids is 2. The Labute approximate surface area is 204 Å². The largest absolute Gasteiger partial charge is 0.492 e.